The van der Waals surface area contributed by atoms with E-state index >= 15 is 0 Å². The molecule has 1 amide bonds. The Kier molecular flexibility index (Phi) is 7.82. The van der Waals surface area contributed by atoms with Crippen LogP contribution in [0.3, 0.4) is 0 Å². The van der Waals surface area contributed by atoms with Crippen LogP contribution in [0.2, 0.25) is 0 Å². The highest BCUT2D eigenvalue weighted by Gasteiger charge is 2.12. The molecule has 5 nitrogen and oxygen atoms in total. The smallest absolute Gasteiger partial charge is 0.220 e. The number of carbonyl (C=O) groups is 2. The van der Waals surface area contributed by atoms with Crippen molar-refractivity contribution in [3.05, 3.63) is 65.2 Å². The Bertz CT molecular complexity index is 794. The predicted octanol–water partition coefficient (Wildman–Crippen LogP) is 3.96. The molecular weight excluding hydrogens is 364 g/mol. The highest BCUT2D eigenvalue weighted by atomic mass is 16.5. The number of ketones is 1. The number of Topliss-reactive ketones (excluding diaryl/α,β-unsaturated/α-hetero) is 1. The average molecular weight is 395 g/mol. The molecule has 1 aliphatic rings. The molecule has 5 heteroatoms. The second-order valence-corrected chi connectivity index (χ2v) is 7.46. The summed E-state index contributed by atoms with van der Waals surface area (Å²) in [5.74, 6) is 0.605. The highest BCUT2D eigenvalue weighted by molar-refractivity contribution is 5.98. The Labute approximate surface area is 173 Å². The fourth-order valence-corrected chi connectivity index (χ4v) is 3.53. The van der Waals surface area contributed by atoms with Crippen molar-refractivity contribution < 1.29 is 14.3 Å². The van der Waals surface area contributed by atoms with Gasteiger partial charge in [-0.05, 0) is 68.2 Å². The lowest BCUT2D eigenvalue weighted by molar-refractivity contribution is -0.121. The fraction of sp³-hybridized carbons (Fsp3) is 0.417. The van der Waals surface area contributed by atoms with Crippen molar-refractivity contribution in [1.29, 1.82) is 0 Å². The van der Waals surface area contributed by atoms with E-state index in [9.17, 15) is 9.59 Å². The lowest BCUT2D eigenvalue weighted by Gasteiger charge is -2.14. The normalized spacial score (nSPS) is 14.0. The third-order valence-electron chi connectivity index (χ3n) is 5.18. The number of ether oxygens (including phenoxy) is 1. The molecule has 0 aliphatic carbocycles. The Morgan fingerprint density at radius 3 is 2.24 bits per heavy atom. The SMILES string of the molecule is CCOc1ccc(C(=O)CCC(=O)NCc2ccc(CN3CCCC3)cc2)cc1. The quantitative estimate of drug-likeness (QED) is 0.620. The number of nitrogens with one attached hydrogen (secondary N) is 1. The van der Waals surface area contributed by atoms with Gasteiger partial charge in [-0.3, -0.25) is 14.5 Å². The Morgan fingerprint density at radius 2 is 1.59 bits per heavy atom. The second kappa shape index (κ2) is 10.8. The topological polar surface area (TPSA) is 58.6 Å². The van der Waals surface area contributed by atoms with Crippen molar-refractivity contribution >= 4 is 11.7 Å². The molecule has 0 aromatic heterocycles. The maximum atomic E-state index is 12.2. The van der Waals surface area contributed by atoms with Crippen molar-refractivity contribution in [3.8, 4) is 5.75 Å². The van der Waals surface area contributed by atoms with Crippen molar-refractivity contribution in [2.75, 3.05) is 19.7 Å². The first-order chi connectivity index (χ1) is 14.1. The monoisotopic (exact) mass is 394 g/mol. The fourth-order valence-electron chi connectivity index (χ4n) is 3.53. The number of nitrogens with zero attached hydrogens (tertiary/aromatic N) is 1. The first kappa shape index (κ1) is 21.1. The second-order valence-electron chi connectivity index (χ2n) is 7.46. The average Bonchev–Trinajstić information content (AvgIpc) is 3.25. The number of rotatable bonds is 10. The van der Waals surface area contributed by atoms with Crippen molar-refractivity contribution in [3.63, 3.8) is 0 Å². The minimum absolute atomic E-state index is 0.0329. The van der Waals surface area contributed by atoms with Crippen LogP contribution in [0.4, 0.5) is 0 Å². The first-order valence-electron chi connectivity index (χ1n) is 10.5. The summed E-state index contributed by atoms with van der Waals surface area (Å²) in [7, 11) is 0. The zero-order valence-corrected chi connectivity index (χ0v) is 17.2. The molecule has 0 spiro atoms. The van der Waals surface area contributed by atoms with Gasteiger partial charge in [0, 0.05) is 31.5 Å². The van der Waals surface area contributed by atoms with E-state index in [0.717, 1.165) is 17.9 Å². The zero-order chi connectivity index (χ0) is 20.5. The number of hydrogen-bond donors (Lipinski definition) is 1. The maximum absolute atomic E-state index is 12.2. The van der Waals surface area contributed by atoms with Gasteiger partial charge in [0.1, 0.15) is 5.75 Å². The minimum Gasteiger partial charge on any atom is -0.494 e. The van der Waals surface area contributed by atoms with Gasteiger partial charge in [0.2, 0.25) is 5.91 Å². The number of carbonyl (C=O) groups excluding carboxylic acids is 2. The molecule has 154 valence electrons. The van der Waals surface area contributed by atoms with Gasteiger partial charge in [-0.1, -0.05) is 24.3 Å². The number of amides is 1. The summed E-state index contributed by atoms with van der Waals surface area (Å²) >= 11 is 0. The first-order valence-corrected chi connectivity index (χ1v) is 10.5. The molecule has 1 heterocycles. The van der Waals surface area contributed by atoms with Gasteiger partial charge in [-0.2, -0.15) is 0 Å². The van der Waals surface area contributed by atoms with Crippen molar-refractivity contribution in [2.24, 2.45) is 0 Å². The Morgan fingerprint density at radius 1 is 0.931 bits per heavy atom. The number of hydrogen-bond acceptors (Lipinski definition) is 4. The van der Waals surface area contributed by atoms with E-state index in [4.69, 9.17) is 4.74 Å². The van der Waals surface area contributed by atoms with E-state index < -0.39 is 0 Å². The van der Waals surface area contributed by atoms with E-state index in [-0.39, 0.29) is 24.5 Å². The van der Waals surface area contributed by atoms with Gasteiger partial charge in [0.05, 0.1) is 6.61 Å². The van der Waals surface area contributed by atoms with Crippen LogP contribution in [-0.2, 0) is 17.9 Å². The summed E-state index contributed by atoms with van der Waals surface area (Å²) in [6, 6.07) is 15.5. The van der Waals surface area contributed by atoms with Crippen molar-refractivity contribution in [2.45, 2.75) is 45.7 Å². The molecule has 1 fully saturated rings. The number of benzene rings is 2. The van der Waals surface area contributed by atoms with Gasteiger partial charge in [0.25, 0.3) is 0 Å². The molecule has 0 radical (unpaired) electrons. The molecule has 0 saturated carbocycles. The lowest BCUT2D eigenvalue weighted by Crippen LogP contribution is -2.23. The van der Waals surface area contributed by atoms with Crippen molar-refractivity contribution in [1.82, 2.24) is 10.2 Å². The van der Waals surface area contributed by atoms with E-state index in [2.05, 4.69) is 34.5 Å². The van der Waals surface area contributed by atoms with Gasteiger partial charge in [-0.25, -0.2) is 0 Å². The molecule has 29 heavy (non-hydrogen) atoms. The van der Waals surface area contributed by atoms with Crippen LogP contribution in [0.1, 0.15) is 54.1 Å². The van der Waals surface area contributed by atoms with Crippen LogP contribution in [-0.4, -0.2) is 36.3 Å². The molecule has 2 aromatic carbocycles. The third-order valence-corrected chi connectivity index (χ3v) is 5.18. The Hall–Kier alpha value is -2.66. The van der Waals surface area contributed by atoms with E-state index in [1.807, 2.05) is 6.92 Å². The zero-order valence-electron chi connectivity index (χ0n) is 17.2. The predicted molar refractivity (Wildman–Crippen MR) is 114 cm³/mol. The van der Waals surface area contributed by atoms with Crippen LogP contribution >= 0.6 is 0 Å². The van der Waals surface area contributed by atoms with Crippen LogP contribution < -0.4 is 10.1 Å². The standard InChI is InChI=1S/C24H30N2O3/c1-2-29-22-11-9-21(10-12-22)23(27)13-14-24(28)25-17-19-5-7-20(8-6-19)18-26-15-3-4-16-26/h5-12H,2-4,13-18H2,1H3,(H,25,28). The molecule has 0 atom stereocenters. The highest BCUT2D eigenvalue weighted by Crippen LogP contribution is 2.15. The largest absolute Gasteiger partial charge is 0.494 e. The van der Waals surface area contributed by atoms with Gasteiger partial charge in [0.15, 0.2) is 5.78 Å². The van der Waals surface area contributed by atoms with E-state index in [1.165, 1.54) is 31.5 Å². The Balaban J connectivity index is 1.38. The molecule has 1 saturated heterocycles. The molecule has 3 rings (SSSR count). The summed E-state index contributed by atoms with van der Waals surface area (Å²) in [5.41, 5.74) is 2.99. The summed E-state index contributed by atoms with van der Waals surface area (Å²) in [4.78, 5) is 26.8. The molecule has 0 bridgehead atoms. The van der Waals surface area contributed by atoms with Crippen LogP contribution in [0.25, 0.3) is 0 Å². The molecule has 1 N–H and O–H groups in total. The van der Waals surface area contributed by atoms with Gasteiger partial charge >= 0.3 is 0 Å². The molecule has 2 aromatic rings. The van der Waals surface area contributed by atoms with Gasteiger partial charge in [-0.15, -0.1) is 0 Å². The molecule has 1 aliphatic heterocycles. The van der Waals surface area contributed by atoms with Crippen LogP contribution in [0.15, 0.2) is 48.5 Å². The lowest BCUT2D eigenvalue weighted by atomic mass is 10.1. The van der Waals surface area contributed by atoms with Crippen LogP contribution in [0.5, 0.6) is 5.75 Å². The van der Waals surface area contributed by atoms with E-state index in [1.54, 1.807) is 24.3 Å². The molecule has 0 unspecified atom stereocenters. The summed E-state index contributed by atoms with van der Waals surface area (Å²) in [5, 5.41) is 2.90. The summed E-state index contributed by atoms with van der Waals surface area (Å²) in [6.07, 6.45) is 2.99. The minimum atomic E-state index is -0.106. The summed E-state index contributed by atoms with van der Waals surface area (Å²) < 4.78 is 5.38. The van der Waals surface area contributed by atoms with Gasteiger partial charge < -0.3 is 10.1 Å². The van der Waals surface area contributed by atoms with E-state index in [0.29, 0.717) is 18.7 Å². The summed E-state index contributed by atoms with van der Waals surface area (Å²) in [6.45, 7) is 6.37. The maximum Gasteiger partial charge on any atom is 0.220 e. The molecular formula is C24H30N2O3. The number of likely N-dealkylation sites (tertiary alicyclic amines) is 1. The van der Waals surface area contributed by atoms with Crippen LogP contribution in [0, 0.1) is 0 Å². The third kappa shape index (κ3) is 6.71.